The molecule has 6 heteroatoms. The van der Waals surface area contributed by atoms with E-state index in [0.717, 1.165) is 19.0 Å². The summed E-state index contributed by atoms with van der Waals surface area (Å²) in [4.78, 5) is 14.2. The molecule has 1 saturated heterocycles. The van der Waals surface area contributed by atoms with E-state index in [1.54, 1.807) is 12.1 Å². The maximum Gasteiger partial charge on any atom is 0.254 e. The summed E-state index contributed by atoms with van der Waals surface area (Å²) in [5, 5.41) is 2.94. The molecule has 1 amide bonds. The van der Waals surface area contributed by atoms with Gasteiger partial charge in [-0.3, -0.25) is 9.69 Å². The van der Waals surface area contributed by atoms with Crippen molar-refractivity contribution < 1.29 is 18.0 Å². The largest absolute Gasteiger partial charge is 0.472 e. The normalized spacial score (nSPS) is 22.0. The Hall–Kier alpha value is -2.21. The number of rotatable bonds is 3. The van der Waals surface area contributed by atoms with E-state index in [1.165, 1.54) is 18.6 Å². The highest BCUT2D eigenvalue weighted by Gasteiger charge is 2.34. The quantitative estimate of drug-likeness (QED) is 0.948. The summed E-state index contributed by atoms with van der Waals surface area (Å²) < 4.78 is 31.5. The number of hydrogen-bond donors (Lipinski definition) is 1. The summed E-state index contributed by atoms with van der Waals surface area (Å²) in [6, 6.07) is 5.09. The maximum absolute atomic E-state index is 13.5. The van der Waals surface area contributed by atoms with E-state index in [4.69, 9.17) is 4.42 Å². The number of likely N-dealkylation sites (N-methyl/N-ethyl adjacent to an activating group) is 1. The minimum Gasteiger partial charge on any atom is -0.472 e. The van der Waals surface area contributed by atoms with Crippen LogP contribution in [0, 0.1) is 11.6 Å². The smallest absolute Gasteiger partial charge is 0.254 e. The fourth-order valence-electron chi connectivity index (χ4n) is 2.93. The first-order chi connectivity index (χ1) is 10.6. The minimum absolute atomic E-state index is 0.169. The Morgan fingerprint density at radius 2 is 2.14 bits per heavy atom. The predicted octanol–water partition coefficient (Wildman–Crippen LogP) is 2.73. The van der Waals surface area contributed by atoms with Gasteiger partial charge in [0.05, 0.1) is 23.9 Å². The lowest BCUT2D eigenvalue weighted by Crippen LogP contribution is -2.38. The second kappa shape index (κ2) is 5.88. The van der Waals surface area contributed by atoms with Gasteiger partial charge < -0.3 is 9.73 Å². The standard InChI is InChI=1S/C16H16F2N2O2/c1-20-6-4-14(19-16(21)11-5-7-22-9-11)15(20)10-2-3-12(17)13(18)8-10/h2-3,5,7-9,14-15H,4,6H2,1H3,(H,19,21)/t14-,15+/m0/s1. The summed E-state index contributed by atoms with van der Waals surface area (Å²) in [5.74, 6) is -1.98. The van der Waals surface area contributed by atoms with Gasteiger partial charge in [-0.1, -0.05) is 6.07 Å². The average molecular weight is 306 g/mol. The molecule has 0 aliphatic carbocycles. The second-order valence-corrected chi connectivity index (χ2v) is 5.48. The van der Waals surface area contributed by atoms with Crippen LogP contribution >= 0.6 is 0 Å². The van der Waals surface area contributed by atoms with Gasteiger partial charge in [-0.25, -0.2) is 8.78 Å². The molecule has 0 unspecified atom stereocenters. The van der Waals surface area contributed by atoms with E-state index < -0.39 is 11.6 Å². The Morgan fingerprint density at radius 3 is 2.82 bits per heavy atom. The number of nitrogens with zero attached hydrogens (tertiary/aromatic N) is 1. The Bertz CT molecular complexity index is 673. The highest BCUT2D eigenvalue weighted by Crippen LogP contribution is 2.31. The van der Waals surface area contributed by atoms with Crippen molar-refractivity contribution in [2.75, 3.05) is 13.6 Å². The van der Waals surface area contributed by atoms with Crippen LogP contribution in [0.4, 0.5) is 8.78 Å². The molecule has 2 atom stereocenters. The molecule has 2 heterocycles. The molecule has 1 aromatic carbocycles. The number of likely N-dealkylation sites (tertiary alicyclic amines) is 1. The fourth-order valence-corrected chi connectivity index (χ4v) is 2.93. The third kappa shape index (κ3) is 2.74. The SMILES string of the molecule is CN1CC[C@H](NC(=O)c2ccoc2)[C@H]1c1ccc(F)c(F)c1. The molecule has 0 spiro atoms. The first kappa shape index (κ1) is 14.7. The molecule has 2 aromatic rings. The zero-order valence-electron chi connectivity index (χ0n) is 12.1. The van der Waals surface area contributed by atoms with Gasteiger partial charge in [-0.2, -0.15) is 0 Å². The lowest BCUT2D eigenvalue weighted by atomic mass is 9.99. The van der Waals surface area contributed by atoms with Crippen LogP contribution in [0.2, 0.25) is 0 Å². The van der Waals surface area contributed by atoms with Gasteiger partial charge in [0.15, 0.2) is 11.6 Å². The summed E-state index contributed by atoms with van der Waals surface area (Å²) in [5.41, 5.74) is 1.09. The molecule has 0 bridgehead atoms. The summed E-state index contributed by atoms with van der Waals surface area (Å²) in [7, 11) is 1.90. The van der Waals surface area contributed by atoms with E-state index in [2.05, 4.69) is 5.32 Å². The van der Waals surface area contributed by atoms with Gasteiger partial charge in [0.2, 0.25) is 0 Å². The highest BCUT2D eigenvalue weighted by atomic mass is 19.2. The van der Waals surface area contributed by atoms with Gasteiger partial charge >= 0.3 is 0 Å². The minimum atomic E-state index is -0.877. The molecule has 1 aliphatic heterocycles. The van der Waals surface area contributed by atoms with Crippen molar-refractivity contribution in [1.82, 2.24) is 10.2 Å². The van der Waals surface area contributed by atoms with Crippen molar-refractivity contribution in [2.24, 2.45) is 0 Å². The Kier molecular flexibility index (Phi) is 3.94. The first-order valence-corrected chi connectivity index (χ1v) is 7.04. The number of carbonyl (C=O) groups excluding carboxylic acids is 1. The monoisotopic (exact) mass is 306 g/mol. The number of benzene rings is 1. The number of furan rings is 1. The molecule has 1 fully saturated rings. The number of halogens is 2. The van der Waals surface area contributed by atoms with Gasteiger partial charge in [0.25, 0.3) is 5.91 Å². The molecular weight excluding hydrogens is 290 g/mol. The zero-order valence-corrected chi connectivity index (χ0v) is 12.1. The van der Waals surface area contributed by atoms with Crippen LogP contribution in [-0.2, 0) is 0 Å². The van der Waals surface area contributed by atoms with Gasteiger partial charge in [0, 0.05) is 6.54 Å². The van der Waals surface area contributed by atoms with Crippen LogP contribution in [0.15, 0.2) is 41.2 Å². The molecule has 1 N–H and O–H groups in total. The summed E-state index contributed by atoms with van der Waals surface area (Å²) in [6.07, 6.45) is 3.55. The topological polar surface area (TPSA) is 45.5 Å². The van der Waals surface area contributed by atoms with Crippen LogP contribution < -0.4 is 5.32 Å². The summed E-state index contributed by atoms with van der Waals surface area (Å²) >= 11 is 0. The molecule has 4 nitrogen and oxygen atoms in total. The van der Waals surface area contributed by atoms with Crippen LogP contribution in [0.1, 0.15) is 28.4 Å². The Morgan fingerprint density at radius 1 is 1.32 bits per heavy atom. The molecule has 116 valence electrons. The fraction of sp³-hybridized carbons (Fsp3) is 0.312. The van der Waals surface area contributed by atoms with E-state index in [0.29, 0.717) is 11.1 Å². The molecule has 3 rings (SSSR count). The van der Waals surface area contributed by atoms with Crippen molar-refractivity contribution in [2.45, 2.75) is 18.5 Å². The molecule has 1 aliphatic rings. The van der Waals surface area contributed by atoms with E-state index >= 15 is 0 Å². The number of hydrogen-bond acceptors (Lipinski definition) is 3. The van der Waals surface area contributed by atoms with Crippen molar-refractivity contribution in [1.29, 1.82) is 0 Å². The Labute approximate surface area is 126 Å². The average Bonchev–Trinajstić information content (AvgIpc) is 3.13. The number of carbonyl (C=O) groups is 1. The lowest BCUT2D eigenvalue weighted by molar-refractivity contribution is 0.0927. The van der Waals surface area contributed by atoms with Crippen LogP contribution in [0.3, 0.4) is 0 Å². The van der Waals surface area contributed by atoms with Gasteiger partial charge in [-0.15, -0.1) is 0 Å². The maximum atomic E-state index is 13.5. The van der Waals surface area contributed by atoms with Gasteiger partial charge in [-0.05, 0) is 37.2 Å². The van der Waals surface area contributed by atoms with Crippen LogP contribution in [0.5, 0.6) is 0 Å². The number of amides is 1. The van der Waals surface area contributed by atoms with Crippen molar-refractivity contribution >= 4 is 5.91 Å². The van der Waals surface area contributed by atoms with Gasteiger partial charge in [0.1, 0.15) is 6.26 Å². The van der Waals surface area contributed by atoms with Crippen molar-refractivity contribution in [3.05, 3.63) is 59.6 Å². The second-order valence-electron chi connectivity index (χ2n) is 5.48. The molecule has 0 saturated carbocycles. The first-order valence-electron chi connectivity index (χ1n) is 7.04. The Balaban J connectivity index is 1.81. The van der Waals surface area contributed by atoms with E-state index in [9.17, 15) is 13.6 Å². The van der Waals surface area contributed by atoms with Crippen LogP contribution in [-0.4, -0.2) is 30.4 Å². The van der Waals surface area contributed by atoms with Crippen molar-refractivity contribution in [3.8, 4) is 0 Å². The number of nitrogens with one attached hydrogen (secondary N) is 1. The van der Waals surface area contributed by atoms with Crippen molar-refractivity contribution in [3.63, 3.8) is 0 Å². The molecular formula is C16H16F2N2O2. The molecule has 1 aromatic heterocycles. The van der Waals surface area contributed by atoms with Crippen LogP contribution in [0.25, 0.3) is 0 Å². The molecule has 0 radical (unpaired) electrons. The summed E-state index contributed by atoms with van der Waals surface area (Å²) in [6.45, 7) is 0.764. The third-order valence-electron chi connectivity index (χ3n) is 4.03. The molecule has 22 heavy (non-hydrogen) atoms. The highest BCUT2D eigenvalue weighted by molar-refractivity contribution is 5.94. The predicted molar refractivity (Wildman–Crippen MR) is 76.3 cm³/mol. The third-order valence-corrected chi connectivity index (χ3v) is 4.03. The van der Waals surface area contributed by atoms with E-state index in [-0.39, 0.29) is 18.0 Å². The lowest BCUT2D eigenvalue weighted by Gasteiger charge is -2.26. The zero-order chi connectivity index (χ0) is 15.7. The van der Waals surface area contributed by atoms with E-state index in [1.807, 2.05) is 11.9 Å².